The molecule has 2 heterocycles. The Morgan fingerprint density at radius 1 is 1.19 bits per heavy atom. The standard InChI is InChI=1S/C21H20BrN3O2/c1-14-17(10-5-11-18(14)22)21(26)25-12-6-9-16(13-25)20-23-19(24-27-20)15-7-3-2-4-8-15/h2-5,7-8,10-11,16H,6,9,12-13H2,1H3. The maximum Gasteiger partial charge on any atom is 0.254 e. The summed E-state index contributed by atoms with van der Waals surface area (Å²) in [5, 5.41) is 4.12. The number of hydrogen-bond acceptors (Lipinski definition) is 4. The van der Waals surface area contributed by atoms with Crippen LogP contribution in [0.3, 0.4) is 0 Å². The topological polar surface area (TPSA) is 59.2 Å². The van der Waals surface area contributed by atoms with Crippen molar-refractivity contribution in [1.82, 2.24) is 15.0 Å². The van der Waals surface area contributed by atoms with Crippen molar-refractivity contribution in [1.29, 1.82) is 0 Å². The van der Waals surface area contributed by atoms with Gasteiger partial charge in [0.1, 0.15) is 0 Å². The van der Waals surface area contributed by atoms with Gasteiger partial charge < -0.3 is 9.42 Å². The molecule has 1 aliphatic heterocycles. The van der Waals surface area contributed by atoms with E-state index in [1.54, 1.807) is 0 Å². The summed E-state index contributed by atoms with van der Waals surface area (Å²) in [7, 11) is 0. The Morgan fingerprint density at radius 2 is 2.00 bits per heavy atom. The number of amides is 1. The van der Waals surface area contributed by atoms with Crippen LogP contribution in [-0.2, 0) is 0 Å². The zero-order chi connectivity index (χ0) is 18.8. The Balaban J connectivity index is 1.52. The van der Waals surface area contributed by atoms with Crippen LogP contribution >= 0.6 is 15.9 Å². The van der Waals surface area contributed by atoms with Gasteiger partial charge in [-0.2, -0.15) is 4.98 Å². The second-order valence-corrected chi connectivity index (χ2v) is 7.68. The van der Waals surface area contributed by atoms with E-state index in [0.717, 1.165) is 40.5 Å². The van der Waals surface area contributed by atoms with Crippen LogP contribution in [0.25, 0.3) is 11.4 Å². The molecule has 4 rings (SSSR count). The van der Waals surface area contributed by atoms with Gasteiger partial charge in [-0.1, -0.05) is 57.5 Å². The maximum atomic E-state index is 13.0. The molecule has 1 amide bonds. The van der Waals surface area contributed by atoms with Crippen molar-refractivity contribution in [2.24, 2.45) is 0 Å². The summed E-state index contributed by atoms with van der Waals surface area (Å²) in [5.41, 5.74) is 2.63. The number of aromatic nitrogens is 2. The molecule has 0 bridgehead atoms. The SMILES string of the molecule is Cc1c(Br)cccc1C(=O)N1CCCC(c2nc(-c3ccccc3)no2)C1. The number of piperidine rings is 1. The Morgan fingerprint density at radius 3 is 2.81 bits per heavy atom. The second-order valence-electron chi connectivity index (χ2n) is 6.82. The number of likely N-dealkylation sites (tertiary alicyclic amines) is 1. The molecule has 0 aliphatic carbocycles. The molecule has 1 aliphatic rings. The van der Waals surface area contributed by atoms with Gasteiger partial charge in [0.15, 0.2) is 0 Å². The third-order valence-electron chi connectivity index (χ3n) is 5.03. The first kappa shape index (κ1) is 17.9. The van der Waals surface area contributed by atoms with Gasteiger partial charge in [-0.3, -0.25) is 4.79 Å². The fraction of sp³-hybridized carbons (Fsp3) is 0.286. The van der Waals surface area contributed by atoms with E-state index >= 15 is 0 Å². The van der Waals surface area contributed by atoms with E-state index in [-0.39, 0.29) is 11.8 Å². The highest BCUT2D eigenvalue weighted by Gasteiger charge is 2.29. The monoisotopic (exact) mass is 425 g/mol. The van der Waals surface area contributed by atoms with Gasteiger partial charge in [-0.25, -0.2) is 0 Å². The predicted molar refractivity (Wildman–Crippen MR) is 106 cm³/mol. The summed E-state index contributed by atoms with van der Waals surface area (Å²) in [5.74, 6) is 1.33. The van der Waals surface area contributed by atoms with Gasteiger partial charge in [0, 0.05) is 28.7 Å². The molecule has 0 N–H and O–H groups in total. The van der Waals surface area contributed by atoms with Crippen molar-refractivity contribution in [3.05, 3.63) is 70.0 Å². The average molecular weight is 426 g/mol. The largest absolute Gasteiger partial charge is 0.339 e. The van der Waals surface area contributed by atoms with Crippen LogP contribution in [-0.4, -0.2) is 34.0 Å². The number of rotatable bonds is 3. The van der Waals surface area contributed by atoms with Crippen LogP contribution in [0.15, 0.2) is 57.5 Å². The summed E-state index contributed by atoms with van der Waals surface area (Å²) in [6, 6.07) is 15.5. The first-order valence-corrected chi connectivity index (χ1v) is 9.86. The first-order valence-electron chi connectivity index (χ1n) is 9.07. The number of carbonyl (C=O) groups is 1. The van der Waals surface area contributed by atoms with Crippen LogP contribution in [0.2, 0.25) is 0 Å². The molecule has 1 atom stereocenters. The van der Waals surface area contributed by atoms with Crippen LogP contribution < -0.4 is 0 Å². The molecular formula is C21H20BrN3O2. The van der Waals surface area contributed by atoms with Crippen molar-refractivity contribution in [2.45, 2.75) is 25.7 Å². The number of carbonyl (C=O) groups excluding carboxylic acids is 1. The van der Waals surface area contributed by atoms with Crippen molar-refractivity contribution in [3.63, 3.8) is 0 Å². The molecule has 0 saturated carbocycles. The highest BCUT2D eigenvalue weighted by atomic mass is 79.9. The van der Waals surface area contributed by atoms with Gasteiger partial charge >= 0.3 is 0 Å². The molecule has 1 saturated heterocycles. The van der Waals surface area contributed by atoms with Crippen molar-refractivity contribution in [2.75, 3.05) is 13.1 Å². The zero-order valence-electron chi connectivity index (χ0n) is 15.1. The highest BCUT2D eigenvalue weighted by Crippen LogP contribution is 2.29. The van der Waals surface area contributed by atoms with Gasteiger partial charge in [0.2, 0.25) is 11.7 Å². The molecule has 6 heteroatoms. The fourth-order valence-corrected chi connectivity index (χ4v) is 3.84. The minimum atomic E-state index is 0.0568. The average Bonchev–Trinajstić information content (AvgIpc) is 3.21. The molecule has 0 spiro atoms. The summed E-state index contributed by atoms with van der Waals surface area (Å²) in [6.45, 7) is 3.31. The molecular weight excluding hydrogens is 406 g/mol. The number of halogens is 1. The lowest BCUT2D eigenvalue weighted by Gasteiger charge is -2.31. The molecule has 1 fully saturated rings. The Bertz CT molecular complexity index is 955. The Labute approximate surface area is 166 Å². The Hall–Kier alpha value is -2.47. The number of nitrogens with zero attached hydrogens (tertiary/aromatic N) is 3. The van der Waals surface area contributed by atoms with Crippen LogP contribution in [0.5, 0.6) is 0 Å². The normalized spacial score (nSPS) is 17.1. The van der Waals surface area contributed by atoms with E-state index in [0.29, 0.717) is 18.3 Å². The van der Waals surface area contributed by atoms with Crippen molar-refractivity contribution >= 4 is 21.8 Å². The molecule has 27 heavy (non-hydrogen) atoms. The second kappa shape index (κ2) is 7.64. The van der Waals surface area contributed by atoms with E-state index < -0.39 is 0 Å². The fourth-order valence-electron chi connectivity index (χ4n) is 3.48. The molecule has 2 aromatic carbocycles. The van der Waals surface area contributed by atoms with Crippen LogP contribution in [0.1, 0.15) is 40.6 Å². The quantitative estimate of drug-likeness (QED) is 0.602. The van der Waals surface area contributed by atoms with E-state index in [9.17, 15) is 4.79 Å². The van der Waals surface area contributed by atoms with Crippen molar-refractivity contribution < 1.29 is 9.32 Å². The molecule has 1 unspecified atom stereocenters. The van der Waals surface area contributed by atoms with Crippen molar-refractivity contribution in [3.8, 4) is 11.4 Å². The summed E-state index contributed by atoms with van der Waals surface area (Å²) in [6.07, 6.45) is 1.87. The van der Waals surface area contributed by atoms with Gasteiger partial charge in [-0.15, -0.1) is 0 Å². The maximum absolute atomic E-state index is 13.0. The molecule has 138 valence electrons. The molecule has 1 aromatic heterocycles. The lowest BCUT2D eigenvalue weighted by molar-refractivity contribution is 0.0695. The van der Waals surface area contributed by atoms with E-state index in [2.05, 4.69) is 26.1 Å². The summed E-state index contributed by atoms with van der Waals surface area (Å²) >= 11 is 3.51. The van der Waals surface area contributed by atoms with Gasteiger partial charge in [-0.05, 0) is 37.5 Å². The van der Waals surface area contributed by atoms with Crippen LogP contribution in [0, 0.1) is 6.92 Å². The van der Waals surface area contributed by atoms with E-state index in [4.69, 9.17) is 4.52 Å². The first-order chi connectivity index (χ1) is 13.1. The number of benzene rings is 2. The van der Waals surface area contributed by atoms with Crippen LogP contribution in [0.4, 0.5) is 0 Å². The number of hydrogen-bond donors (Lipinski definition) is 0. The Kier molecular flexibility index (Phi) is 5.07. The smallest absolute Gasteiger partial charge is 0.254 e. The predicted octanol–water partition coefficient (Wildman–Crippen LogP) is 4.83. The highest BCUT2D eigenvalue weighted by molar-refractivity contribution is 9.10. The van der Waals surface area contributed by atoms with E-state index in [1.807, 2.05) is 60.4 Å². The third kappa shape index (κ3) is 3.67. The van der Waals surface area contributed by atoms with Gasteiger partial charge in [0.25, 0.3) is 5.91 Å². The minimum Gasteiger partial charge on any atom is -0.339 e. The minimum absolute atomic E-state index is 0.0568. The molecule has 0 radical (unpaired) electrons. The summed E-state index contributed by atoms with van der Waals surface area (Å²) in [4.78, 5) is 19.5. The molecule has 3 aromatic rings. The molecule has 5 nitrogen and oxygen atoms in total. The zero-order valence-corrected chi connectivity index (χ0v) is 16.6. The third-order valence-corrected chi connectivity index (χ3v) is 5.89. The van der Waals surface area contributed by atoms with Gasteiger partial charge in [0.05, 0.1) is 5.92 Å². The summed E-state index contributed by atoms with van der Waals surface area (Å²) < 4.78 is 6.48. The van der Waals surface area contributed by atoms with E-state index in [1.165, 1.54) is 0 Å². The lowest BCUT2D eigenvalue weighted by atomic mass is 9.96. The lowest BCUT2D eigenvalue weighted by Crippen LogP contribution is -2.39.